The van der Waals surface area contributed by atoms with Gasteiger partial charge in [-0.2, -0.15) is 0 Å². The number of hydrogen-bond donors (Lipinski definition) is 2. The molecule has 3 N–H and O–H groups in total. The Bertz CT molecular complexity index is 793. The summed E-state index contributed by atoms with van der Waals surface area (Å²) in [5, 5.41) is 3.98. The summed E-state index contributed by atoms with van der Waals surface area (Å²) in [5.74, 6) is 1.27. The van der Waals surface area contributed by atoms with E-state index in [9.17, 15) is 4.79 Å². The molecule has 7 heteroatoms. The van der Waals surface area contributed by atoms with Gasteiger partial charge in [0, 0.05) is 18.5 Å². The highest BCUT2D eigenvalue weighted by molar-refractivity contribution is 6.39. The zero-order chi connectivity index (χ0) is 21.2. The number of hydrogen-bond acceptors (Lipinski definition) is 5. The van der Waals surface area contributed by atoms with Gasteiger partial charge in [0.15, 0.2) is 0 Å². The number of aromatic nitrogens is 1. The molecule has 1 amide bonds. The summed E-state index contributed by atoms with van der Waals surface area (Å²) >= 11 is 6.27. The number of aliphatic imine (C=N–C) groups is 1. The summed E-state index contributed by atoms with van der Waals surface area (Å²) in [6.45, 7) is 4.98. The molecule has 1 aromatic rings. The van der Waals surface area contributed by atoms with Crippen molar-refractivity contribution in [1.82, 2.24) is 9.88 Å². The molecular weight excluding hydrogens is 386 g/mol. The van der Waals surface area contributed by atoms with Crippen molar-refractivity contribution in [2.45, 2.75) is 45.7 Å². The Labute approximate surface area is 178 Å². The van der Waals surface area contributed by atoms with Crippen LogP contribution >= 0.6 is 11.6 Å². The van der Waals surface area contributed by atoms with Gasteiger partial charge in [-0.25, -0.2) is 4.98 Å². The monoisotopic (exact) mass is 417 g/mol. The third kappa shape index (κ3) is 4.64. The van der Waals surface area contributed by atoms with Crippen LogP contribution in [-0.2, 0) is 4.79 Å². The molecular formula is C22H32ClN5O. The largest absolute Gasteiger partial charge is 0.370 e. The molecule has 1 aromatic heterocycles. The Morgan fingerprint density at radius 1 is 1.28 bits per heavy atom. The number of carbonyl (C=O) groups excluding carboxylic acids is 1. The van der Waals surface area contributed by atoms with Crippen molar-refractivity contribution in [1.29, 1.82) is 0 Å². The molecule has 1 aliphatic heterocycles. The summed E-state index contributed by atoms with van der Waals surface area (Å²) in [4.78, 5) is 23.8. The van der Waals surface area contributed by atoms with Crippen LogP contribution in [0.3, 0.4) is 0 Å². The number of nitrogens with two attached hydrogens (primary N) is 1. The van der Waals surface area contributed by atoms with Gasteiger partial charge in [-0.15, -0.1) is 0 Å². The first-order valence-electron chi connectivity index (χ1n) is 10.3. The van der Waals surface area contributed by atoms with E-state index in [2.05, 4.69) is 34.3 Å². The van der Waals surface area contributed by atoms with Crippen molar-refractivity contribution >= 4 is 29.5 Å². The zero-order valence-corrected chi connectivity index (χ0v) is 18.5. The van der Waals surface area contributed by atoms with Gasteiger partial charge in [0.25, 0.3) is 0 Å². The second-order valence-corrected chi connectivity index (χ2v) is 9.15. The number of anilines is 1. The normalized spacial score (nSPS) is 29.6. The maximum Gasteiger partial charge on any atom is 0.231 e. The Hall–Kier alpha value is -1.92. The Morgan fingerprint density at radius 2 is 1.97 bits per heavy atom. The van der Waals surface area contributed by atoms with Gasteiger partial charge in [0.05, 0.1) is 5.03 Å². The average molecular weight is 418 g/mol. The van der Waals surface area contributed by atoms with Gasteiger partial charge in [-0.3, -0.25) is 14.7 Å². The first-order chi connectivity index (χ1) is 13.7. The van der Waals surface area contributed by atoms with Crippen LogP contribution in [0.25, 0.3) is 0 Å². The van der Waals surface area contributed by atoms with E-state index in [1.54, 1.807) is 6.21 Å². The van der Waals surface area contributed by atoms with E-state index in [0.29, 0.717) is 11.0 Å². The summed E-state index contributed by atoms with van der Waals surface area (Å²) < 4.78 is 0. The second kappa shape index (κ2) is 8.84. The molecule has 0 aromatic carbocycles. The molecule has 1 fully saturated rings. The lowest BCUT2D eigenvalue weighted by Gasteiger charge is -2.46. The van der Waals surface area contributed by atoms with Crippen LogP contribution in [0.5, 0.6) is 0 Å². The molecule has 0 saturated heterocycles. The third-order valence-corrected chi connectivity index (χ3v) is 6.46. The molecule has 0 radical (unpaired) electrons. The number of allylic oxidation sites excluding steroid dienone is 1. The molecule has 1 aliphatic carbocycles. The van der Waals surface area contributed by atoms with Crippen LogP contribution in [0.2, 0.25) is 0 Å². The molecule has 6 nitrogen and oxygen atoms in total. The van der Waals surface area contributed by atoms with Crippen molar-refractivity contribution in [2.24, 2.45) is 28.0 Å². The SMILES string of the molecule is Cc1cc(C)nc(NCC2CCC(C3(C(N)=O)C=C(Cl)C=NC3N(C)C)CC2)c1. The second-order valence-electron chi connectivity index (χ2n) is 8.71. The maximum atomic E-state index is 12.7. The number of halogens is 1. The van der Waals surface area contributed by atoms with E-state index < -0.39 is 5.41 Å². The molecule has 0 bridgehead atoms. The molecule has 158 valence electrons. The molecule has 2 heterocycles. The quantitative estimate of drug-likeness (QED) is 0.742. The van der Waals surface area contributed by atoms with Gasteiger partial charge < -0.3 is 11.1 Å². The van der Waals surface area contributed by atoms with Crippen molar-refractivity contribution in [3.05, 3.63) is 34.5 Å². The standard InChI is InChI=1S/C22H32ClN5O/c1-14-9-15(2)27-19(10-14)25-12-16-5-7-17(8-6-16)22(20(24)29)11-18(23)13-26-21(22)28(3)4/h9-11,13,16-17,21H,5-8,12H2,1-4H3,(H2,24,29)(H,25,27). The molecule has 2 unspecified atom stereocenters. The van der Waals surface area contributed by atoms with E-state index in [1.165, 1.54) is 5.56 Å². The predicted octanol–water partition coefficient (Wildman–Crippen LogP) is 3.48. The number of nitrogens with zero attached hydrogens (tertiary/aromatic N) is 3. The van der Waals surface area contributed by atoms with Gasteiger partial charge in [-0.05, 0) is 89.2 Å². The smallest absolute Gasteiger partial charge is 0.231 e. The topological polar surface area (TPSA) is 83.6 Å². The number of dihydropyridines is 1. The number of rotatable bonds is 6. The van der Waals surface area contributed by atoms with Gasteiger partial charge in [0.2, 0.25) is 5.91 Å². The van der Waals surface area contributed by atoms with Crippen molar-refractivity contribution in [3.8, 4) is 0 Å². The minimum absolute atomic E-state index is 0.134. The Morgan fingerprint density at radius 3 is 2.55 bits per heavy atom. The van der Waals surface area contributed by atoms with Crippen molar-refractivity contribution in [3.63, 3.8) is 0 Å². The first-order valence-corrected chi connectivity index (χ1v) is 10.7. The van der Waals surface area contributed by atoms with E-state index in [0.717, 1.165) is 43.7 Å². The average Bonchev–Trinajstić information content (AvgIpc) is 2.65. The minimum atomic E-state index is -0.858. The molecule has 0 spiro atoms. The molecule has 2 atom stereocenters. The third-order valence-electron chi connectivity index (χ3n) is 6.25. The van der Waals surface area contributed by atoms with Crippen LogP contribution < -0.4 is 11.1 Å². The predicted molar refractivity (Wildman–Crippen MR) is 119 cm³/mol. The Balaban J connectivity index is 1.68. The molecule has 2 aliphatic rings. The zero-order valence-electron chi connectivity index (χ0n) is 17.8. The highest BCUT2D eigenvalue weighted by Gasteiger charge is 2.51. The lowest BCUT2D eigenvalue weighted by molar-refractivity contribution is -0.132. The van der Waals surface area contributed by atoms with Gasteiger partial charge in [0.1, 0.15) is 17.4 Å². The summed E-state index contributed by atoms with van der Waals surface area (Å²) in [6, 6.07) is 4.15. The summed E-state index contributed by atoms with van der Waals surface area (Å²) in [5.41, 5.74) is 7.33. The summed E-state index contributed by atoms with van der Waals surface area (Å²) in [7, 11) is 3.86. The number of amides is 1. The minimum Gasteiger partial charge on any atom is -0.370 e. The van der Waals surface area contributed by atoms with Crippen LogP contribution in [0.15, 0.2) is 28.2 Å². The maximum absolute atomic E-state index is 12.7. The van der Waals surface area contributed by atoms with E-state index >= 15 is 0 Å². The van der Waals surface area contributed by atoms with Crippen LogP contribution in [0, 0.1) is 31.1 Å². The van der Waals surface area contributed by atoms with Crippen LogP contribution in [0.4, 0.5) is 5.82 Å². The summed E-state index contributed by atoms with van der Waals surface area (Å²) in [6.07, 6.45) is 7.07. The fourth-order valence-corrected chi connectivity index (χ4v) is 5.16. The van der Waals surface area contributed by atoms with E-state index in [4.69, 9.17) is 17.3 Å². The van der Waals surface area contributed by atoms with Crippen molar-refractivity contribution < 1.29 is 4.79 Å². The highest BCUT2D eigenvalue weighted by Crippen LogP contribution is 2.47. The lowest BCUT2D eigenvalue weighted by Crippen LogP contribution is -2.56. The number of aryl methyl sites for hydroxylation is 2. The van der Waals surface area contributed by atoms with E-state index in [1.807, 2.05) is 32.0 Å². The first kappa shape index (κ1) is 21.8. The number of nitrogens with one attached hydrogen (secondary N) is 1. The fraction of sp³-hybridized carbons (Fsp3) is 0.591. The van der Waals surface area contributed by atoms with Gasteiger partial charge >= 0.3 is 0 Å². The lowest BCUT2D eigenvalue weighted by atomic mass is 9.63. The van der Waals surface area contributed by atoms with Crippen molar-refractivity contribution in [2.75, 3.05) is 26.0 Å². The number of pyridine rings is 1. The molecule has 29 heavy (non-hydrogen) atoms. The highest BCUT2D eigenvalue weighted by atomic mass is 35.5. The number of primary amides is 1. The number of carbonyl (C=O) groups is 1. The van der Waals surface area contributed by atoms with E-state index in [-0.39, 0.29) is 18.0 Å². The van der Waals surface area contributed by atoms with Crippen LogP contribution in [-0.4, -0.2) is 48.8 Å². The fourth-order valence-electron chi connectivity index (χ4n) is 4.92. The Kier molecular flexibility index (Phi) is 6.64. The van der Waals surface area contributed by atoms with Crippen LogP contribution in [0.1, 0.15) is 36.9 Å². The molecule has 3 rings (SSSR count). The molecule has 1 saturated carbocycles. The van der Waals surface area contributed by atoms with Gasteiger partial charge in [-0.1, -0.05) is 11.6 Å².